The van der Waals surface area contributed by atoms with Crippen LogP contribution < -0.4 is 10.1 Å². The highest BCUT2D eigenvalue weighted by Gasteiger charge is 2.28. The van der Waals surface area contributed by atoms with Gasteiger partial charge in [0.25, 0.3) is 0 Å². The monoisotopic (exact) mass is 417 g/mol. The molecule has 31 heavy (non-hydrogen) atoms. The Morgan fingerprint density at radius 1 is 1.03 bits per heavy atom. The van der Waals surface area contributed by atoms with Gasteiger partial charge in [-0.25, -0.2) is 0 Å². The molecule has 0 bridgehead atoms. The standard InChI is InChI=1S/C25H27N3O3/c1-31-23-9-5-4-8-22(23)26-24-15-14-21(27-28-24)18-12-10-17(11-13-18)20-7-3-2-6-19(20)16-25(29)30/h4-5,8-15,19-20H,2-3,6-7,16H2,1H3,(H,26,28)(H,29,30). The summed E-state index contributed by atoms with van der Waals surface area (Å²) < 4.78 is 5.36. The van der Waals surface area contributed by atoms with Crippen molar-refractivity contribution in [3.8, 4) is 17.0 Å². The van der Waals surface area contributed by atoms with Gasteiger partial charge < -0.3 is 15.2 Å². The zero-order valence-electron chi connectivity index (χ0n) is 17.6. The molecule has 0 spiro atoms. The summed E-state index contributed by atoms with van der Waals surface area (Å²) in [6, 6.07) is 19.8. The lowest BCUT2D eigenvalue weighted by Gasteiger charge is -2.31. The average molecular weight is 418 g/mol. The van der Waals surface area contributed by atoms with Crippen molar-refractivity contribution in [1.29, 1.82) is 0 Å². The topological polar surface area (TPSA) is 84.3 Å². The molecule has 1 aliphatic carbocycles. The lowest BCUT2D eigenvalue weighted by Crippen LogP contribution is -2.20. The van der Waals surface area contributed by atoms with Crippen LogP contribution in [0.15, 0.2) is 60.7 Å². The zero-order chi connectivity index (χ0) is 21.6. The van der Waals surface area contributed by atoms with E-state index in [4.69, 9.17) is 4.74 Å². The Morgan fingerprint density at radius 3 is 2.52 bits per heavy atom. The maximum absolute atomic E-state index is 11.2. The molecule has 2 unspecified atom stereocenters. The second-order valence-corrected chi connectivity index (χ2v) is 8.00. The normalized spacial score (nSPS) is 18.4. The van der Waals surface area contributed by atoms with Crippen LogP contribution in [0.4, 0.5) is 11.5 Å². The molecule has 3 aromatic rings. The smallest absolute Gasteiger partial charge is 0.303 e. The lowest BCUT2D eigenvalue weighted by molar-refractivity contribution is -0.138. The molecule has 6 nitrogen and oxygen atoms in total. The molecule has 1 fully saturated rings. The molecule has 1 aromatic heterocycles. The Hall–Kier alpha value is -3.41. The number of carboxylic acid groups (broad SMARTS) is 1. The van der Waals surface area contributed by atoms with E-state index in [1.165, 1.54) is 5.56 Å². The molecule has 160 valence electrons. The number of rotatable bonds is 7. The largest absolute Gasteiger partial charge is 0.495 e. The van der Waals surface area contributed by atoms with Crippen LogP contribution in [0.3, 0.4) is 0 Å². The summed E-state index contributed by atoms with van der Waals surface area (Å²) >= 11 is 0. The lowest BCUT2D eigenvalue weighted by atomic mass is 9.74. The molecule has 2 atom stereocenters. The molecule has 4 rings (SSSR count). The Labute approximate surface area is 182 Å². The molecule has 1 heterocycles. The summed E-state index contributed by atoms with van der Waals surface area (Å²) in [5.74, 6) is 1.22. The molecule has 0 amide bonds. The van der Waals surface area contributed by atoms with Crippen molar-refractivity contribution in [2.75, 3.05) is 12.4 Å². The first-order valence-electron chi connectivity index (χ1n) is 10.7. The highest BCUT2D eigenvalue weighted by atomic mass is 16.5. The maximum Gasteiger partial charge on any atom is 0.303 e. The molecule has 1 aliphatic rings. The zero-order valence-corrected chi connectivity index (χ0v) is 17.6. The molecule has 0 saturated heterocycles. The summed E-state index contributed by atoms with van der Waals surface area (Å²) in [6.07, 6.45) is 4.58. The molecular weight excluding hydrogens is 390 g/mol. The van der Waals surface area contributed by atoms with Gasteiger partial charge in [-0.15, -0.1) is 10.2 Å². The number of anilines is 2. The second-order valence-electron chi connectivity index (χ2n) is 8.00. The summed E-state index contributed by atoms with van der Waals surface area (Å²) in [4.78, 5) is 11.2. The SMILES string of the molecule is COc1ccccc1Nc1ccc(-c2ccc(C3CCCCC3CC(=O)O)cc2)nn1. The first-order chi connectivity index (χ1) is 15.1. The van der Waals surface area contributed by atoms with Gasteiger partial charge in [-0.1, -0.05) is 49.2 Å². The van der Waals surface area contributed by atoms with Crippen molar-refractivity contribution in [3.63, 3.8) is 0 Å². The Balaban J connectivity index is 1.47. The van der Waals surface area contributed by atoms with Crippen molar-refractivity contribution in [2.24, 2.45) is 5.92 Å². The van der Waals surface area contributed by atoms with Gasteiger partial charge in [0.2, 0.25) is 0 Å². The third-order valence-electron chi connectivity index (χ3n) is 6.01. The van der Waals surface area contributed by atoms with Crippen LogP contribution in [-0.4, -0.2) is 28.4 Å². The van der Waals surface area contributed by atoms with Crippen molar-refractivity contribution in [1.82, 2.24) is 10.2 Å². The first-order valence-corrected chi connectivity index (χ1v) is 10.7. The van der Waals surface area contributed by atoms with Crippen molar-refractivity contribution in [3.05, 3.63) is 66.2 Å². The van der Waals surface area contributed by atoms with E-state index in [1.54, 1.807) is 7.11 Å². The van der Waals surface area contributed by atoms with Gasteiger partial charge in [-0.2, -0.15) is 0 Å². The van der Waals surface area contributed by atoms with Gasteiger partial charge in [0.1, 0.15) is 5.75 Å². The molecule has 0 aliphatic heterocycles. The van der Waals surface area contributed by atoms with Gasteiger partial charge >= 0.3 is 5.97 Å². The van der Waals surface area contributed by atoms with Crippen LogP contribution in [-0.2, 0) is 4.79 Å². The summed E-state index contributed by atoms with van der Waals surface area (Å²) in [7, 11) is 1.64. The van der Waals surface area contributed by atoms with Crippen molar-refractivity contribution in [2.45, 2.75) is 38.0 Å². The van der Waals surface area contributed by atoms with E-state index in [0.29, 0.717) is 11.7 Å². The van der Waals surface area contributed by atoms with Gasteiger partial charge in [0.15, 0.2) is 5.82 Å². The number of carboxylic acids is 1. The minimum absolute atomic E-state index is 0.220. The Bertz CT molecular complexity index is 1020. The van der Waals surface area contributed by atoms with Gasteiger partial charge in [-0.05, 0) is 54.5 Å². The molecule has 0 radical (unpaired) electrons. The number of hydrogen-bond donors (Lipinski definition) is 2. The third kappa shape index (κ3) is 5.02. The van der Waals surface area contributed by atoms with E-state index in [2.05, 4.69) is 39.8 Å². The van der Waals surface area contributed by atoms with E-state index in [-0.39, 0.29) is 12.3 Å². The number of aliphatic carboxylic acids is 1. The Morgan fingerprint density at radius 2 is 1.81 bits per heavy atom. The van der Waals surface area contributed by atoms with E-state index >= 15 is 0 Å². The summed E-state index contributed by atoms with van der Waals surface area (Å²) in [6.45, 7) is 0. The minimum atomic E-state index is -0.703. The van der Waals surface area contributed by atoms with Crippen LogP contribution in [0.1, 0.15) is 43.6 Å². The van der Waals surface area contributed by atoms with E-state index in [9.17, 15) is 9.90 Å². The van der Waals surface area contributed by atoms with Crippen molar-refractivity contribution < 1.29 is 14.6 Å². The fourth-order valence-corrected chi connectivity index (χ4v) is 4.45. The number of benzene rings is 2. The first kappa shape index (κ1) is 20.8. The van der Waals surface area contributed by atoms with E-state index in [0.717, 1.165) is 48.4 Å². The number of aromatic nitrogens is 2. The number of para-hydroxylation sites is 2. The number of ether oxygens (including phenoxy) is 1. The predicted molar refractivity (Wildman–Crippen MR) is 121 cm³/mol. The third-order valence-corrected chi connectivity index (χ3v) is 6.01. The van der Waals surface area contributed by atoms with Crippen LogP contribution in [0.25, 0.3) is 11.3 Å². The minimum Gasteiger partial charge on any atom is -0.495 e. The van der Waals surface area contributed by atoms with E-state index in [1.807, 2.05) is 36.4 Å². The number of hydrogen-bond acceptors (Lipinski definition) is 5. The highest BCUT2D eigenvalue weighted by Crippen LogP contribution is 2.40. The van der Waals surface area contributed by atoms with Crippen LogP contribution >= 0.6 is 0 Å². The number of nitrogens with one attached hydrogen (secondary N) is 1. The van der Waals surface area contributed by atoms with Crippen molar-refractivity contribution >= 4 is 17.5 Å². The van der Waals surface area contributed by atoms with Crippen LogP contribution in [0, 0.1) is 5.92 Å². The molecular formula is C25H27N3O3. The van der Waals surface area contributed by atoms with Gasteiger partial charge in [-0.3, -0.25) is 4.79 Å². The summed E-state index contributed by atoms with van der Waals surface area (Å²) in [5.41, 5.74) is 3.84. The van der Waals surface area contributed by atoms with Gasteiger partial charge in [0.05, 0.1) is 18.5 Å². The summed E-state index contributed by atoms with van der Waals surface area (Å²) in [5, 5.41) is 21.1. The fourth-order valence-electron chi connectivity index (χ4n) is 4.45. The molecule has 2 N–H and O–H groups in total. The molecule has 6 heteroatoms. The Kier molecular flexibility index (Phi) is 6.46. The highest BCUT2D eigenvalue weighted by molar-refractivity contribution is 5.67. The fraction of sp³-hybridized carbons (Fsp3) is 0.320. The number of methoxy groups -OCH3 is 1. The van der Waals surface area contributed by atoms with Crippen LogP contribution in [0.5, 0.6) is 5.75 Å². The second kappa shape index (κ2) is 9.60. The quantitative estimate of drug-likeness (QED) is 0.517. The molecule has 2 aromatic carbocycles. The van der Waals surface area contributed by atoms with Gasteiger partial charge in [0, 0.05) is 12.0 Å². The average Bonchev–Trinajstić information content (AvgIpc) is 2.80. The van der Waals surface area contributed by atoms with Crippen LogP contribution in [0.2, 0.25) is 0 Å². The number of carbonyl (C=O) groups is 1. The molecule has 1 saturated carbocycles. The van der Waals surface area contributed by atoms with E-state index < -0.39 is 5.97 Å². The number of nitrogens with zero attached hydrogens (tertiary/aromatic N) is 2. The predicted octanol–water partition coefficient (Wildman–Crippen LogP) is 5.64. The maximum atomic E-state index is 11.2.